The third-order valence-corrected chi connectivity index (χ3v) is 2.86. The van der Waals surface area contributed by atoms with Crippen LogP contribution in [0.4, 0.5) is 0 Å². The van der Waals surface area contributed by atoms with Gasteiger partial charge in [0.2, 0.25) is 0 Å². The van der Waals surface area contributed by atoms with E-state index >= 15 is 0 Å². The number of carboxylic acid groups (broad SMARTS) is 1. The summed E-state index contributed by atoms with van der Waals surface area (Å²) >= 11 is 0. The fourth-order valence-corrected chi connectivity index (χ4v) is 1.60. The van der Waals surface area contributed by atoms with E-state index in [2.05, 4.69) is 0 Å². The average molecular weight is 268 g/mol. The standard InChI is InChI=1S/C14H20O5/c1-3-14(13(15)16,19-11-17-2)10-18-9-12-7-5-4-6-8-12/h4-8H,3,9-11H2,1-2H3,(H,15,16)/t14-/m0/s1. The van der Waals surface area contributed by atoms with Gasteiger partial charge >= 0.3 is 5.97 Å². The summed E-state index contributed by atoms with van der Waals surface area (Å²) in [7, 11) is 1.45. The number of aliphatic carboxylic acids is 1. The molecular formula is C14H20O5. The smallest absolute Gasteiger partial charge is 0.338 e. The summed E-state index contributed by atoms with van der Waals surface area (Å²) in [5, 5.41) is 9.29. The van der Waals surface area contributed by atoms with E-state index in [-0.39, 0.29) is 13.4 Å². The van der Waals surface area contributed by atoms with Crippen molar-refractivity contribution in [1.29, 1.82) is 0 Å². The van der Waals surface area contributed by atoms with Crippen LogP contribution in [-0.2, 0) is 25.6 Å². The Morgan fingerprint density at radius 3 is 2.53 bits per heavy atom. The zero-order chi connectivity index (χ0) is 14.1. The first kappa shape index (κ1) is 15.6. The number of benzene rings is 1. The van der Waals surface area contributed by atoms with Crippen molar-refractivity contribution in [3.05, 3.63) is 35.9 Å². The number of hydrogen-bond donors (Lipinski definition) is 1. The van der Waals surface area contributed by atoms with Crippen LogP contribution in [0.3, 0.4) is 0 Å². The van der Waals surface area contributed by atoms with Crippen molar-refractivity contribution in [2.45, 2.75) is 25.6 Å². The number of ether oxygens (including phenoxy) is 3. The topological polar surface area (TPSA) is 65.0 Å². The molecule has 0 saturated carbocycles. The highest BCUT2D eigenvalue weighted by Crippen LogP contribution is 2.18. The number of carbonyl (C=O) groups is 1. The highest BCUT2D eigenvalue weighted by molar-refractivity contribution is 5.77. The second kappa shape index (κ2) is 7.89. The van der Waals surface area contributed by atoms with Gasteiger partial charge < -0.3 is 19.3 Å². The number of methoxy groups -OCH3 is 1. The molecule has 106 valence electrons. The van der Waals surface area contributed by atoms with E-state index in [0.29, 0.717) is 13.0 Å². The summed E-state index contributed by atoms with van der Waals surface area (Å²) in [5.41, 5.74) is -0.366. The van der Waals surface area contributed by atoms with Crippen LogP contribution in [0.25, 0.3) is 0 Å². The molecule has 0 aliphatic heterocycles. The summed E-state index contributed by atoms with van der Waals surface area (Å²) in [6.45, 7) is 2.01. The Bertz CT molecular complexity index is 379. The zero-order valence-corrected chi connectivity index (χ0v) is 11.3. The van der Waals surface area contributed by atoms with Crippen LogP contribution >= 0.6 is 0 Å². The molecule has 5 heteroatoms. The molecule has 0 amide bonds. The molecule has 0 spiro atoms. The van der Waals surface area contributed by atoms with E-state index in [0.717, 1.165) is 5.56 Å². The molecule has 19 heavy (non-hydrogen) atoms. The van der Waals surface area contributed by atoms with Crippen LogP contribution in [0.15, 0.2) is 30.3 Å². The van der Waals surface area contributed by atoms with Crippen LogP contribution in [0.5, 0.6) is 0 Å². The van der Waals surface area contributed by atoms with Gasteiger partial charge in [0.25, 0.3) is 0 Å². The Morgan fingerprint density at radius 2 is 2.00 bits per heavy atom. The van der Waals surface area contributed by atoms with Crippen LogP contribution in [0.1, 0.15) is 18.9 Å². The summed E-state index contributed by atoms with van der Waals surface area (Å²) < 4.78 is 15.5. The largest absolute Gasteiger partial charge is 0.479 e. The van der Waals surface area contributed by atoms with E-state index in [1.165, 1.54) is 7.11 Å². The lowest BCUT2D eigenvalue weighted by atomic mass is 10.0. The van der Waals surface area contributed by atoms with Gasteiger partial charge in [-0.3, -0.25) is 0 Å². The van der Waals surface area contributed by atoms with Crippen molar-refractivity contribution in [3.8, 4) is 0 Å². The molecule has 0 aliphatic rings. The molecule has 0 fully saturated rings. The lowest BCUT2D eigenvalue weighted by molar-refractivity contribution is -0.195. The van der Waals surface area contributed by atoms with Crippen molar-refractivity contribution >= 4 is 5.97 Å². The maximum Gasteiger partial charge on any atom is 0.338 e. The van der Waals surface area contributed by atoms with Gasteiger partial charge in [-0.05, 0) is 12.0 Å². The highest BCUT2D eigenvalue weighted by atomic mass is 16.7. The monoisotopic (exact) mass is 268 g/mol. The lowest BCUT2D eigenvalue weighted by Crippen LogP contribution is -2.46. The van der Waals surface area contributed by atoms with Gasteiger partial charge in [-0.15, -0.1) is 0 Å². The van der Waals surface area contributed by atoms with Crippen LogP contribution in [0, 0.1) is 0 Å². The molecule has 5 nitrogen and oxygen atoms in total. The zero-order valence-electron chi connectivity index (χ0n) is 11.3. The second-order valence-electron chi connectivity index (χ2n) is 4.18. The Kier molecular flexibility index (Phi) is 6.49. The number of carboxylic acids is 1. The van der Waals surface area contributed by atoms with Crippen LogP contribution < -0.4 is 0 Å². The first-order chi connectivity index (χ1) is 9.14. The van der Waals surface area contributed by atoms with Gasteiger partial charge in [0.05, 0.1) is 13.2 Å². The van der Waals surface area contributed by atoms with Crippen molar-refractivity contribution in [2.24, 2.45) is 0 Å². The first-order valence-electron chi connectivity index (χ1n) is 6.12. The fourth-order valence-electron chi connectivity index (χ4n) is 1.60. The number of hydrogen-bond acceptors (Lipinski definition) is 4. The predicted octanol–water partition coefficient (Wildman–Crippen LogP) is 2.06. The van der Waals surface area contributed by atoms with Crippen LogP contribution in [-0.4, -0.2) is 37.2 Å². The Labute approximate surface area is 113 Å². The molecule has 0 saturated heterocycles. The first-order valence-corrected chi connectivity index (χ1v) is 6.12. The van der Waals surface area contributed by atoms with E-state index < -0.39 is 11.6 Å². The van der Waals surface area contributed by atoms with Crippen molar-refractivity contribution in [3.63, 3.8) is 0 Å². The van der Waals surface area contributed by atoms with Gasteiger partial charge in [-0.1, -0.05) is 37.3 Å². The normalized spacial score (nSPS) is 14.0. The predicted molar refractivity (Wildman–Crippen MR) is 69.7 cm³/mol. The van der Waals surface area contributed by atoms with E-state index in [9.17, 15) is 9.90 Å². The Morgan fingerprint density at radius 1 is 1.32 bits per heavy atom. The van der Waals surface area contributed by atoms with Crippen molar-refractivity contribution < 1.29 is 24.1 Å². The fraction of sp³-hybridized carbons (Fsp3) is 0.500. The molecule has 1 atom stereocenters. The lowest BCUT2D eigenvalue weighted by Gasteiger charge is -2.27. The minimum Gasteiger partial charge on any atom is -0.479 e. The van der Waals surface area contributed by atoms with Gasteiger partial charge in [-0.2, -0.15) is 0 Å². The Hall–Kier alpha value is -1.43. The highest BCUT2D eigenvalue weighted by Gasteiger charge is 2.38. The third-order valence-electron chi connectivity index (χ3n) is 2.86. The van der Waals surface area contributed by atoms with E-state index in [4.69, 9.17) is 14.2 Å². The SMILES string of the molecule is CC[C@@](COCc1ccccc1)(OCOC)C(=O)O. The van der Waals surface area contributed by atoms with Gasteiger partial charge in [0.1, 0.15) is 6.79 Å². The molecule has 0 heterocycles. The van der Waals surface area contributed by atoms with Gasteiger partial charge in [0.15, 0.2) is 5.60 Å². The molecule has 0 bridgehead atoms. The molecular weight excluding hydrogens is 248 g/mol. The van der Waals surface area contributed by atoms with Crippen LogP contribution in [0.2, 0.25) is 0 Å². The summed E-state index contributed by atoms with van der Waals surface area (Å²) in [5.74, 6) is -1.04. The van der Waals surface area contributed by atoms with E-state index in [1.54, 1.807) is 6.92 Å². The Balaban J connectivity index is 2.55. The molecule has 0 aliphatic carbocycles. The summed E-state index contributed by atoms with van der Waals surface area (Å²) in [6, 6.07) is 9.57. The van der Waals surface area contributed by atoms with E-state index in [1.807, 2.05) is 30.3 Å². The summed E-state index contributed by atoms with van der Waals surface area (Å²) in [4.78, 5) is 11.3. The van der Waals surface area contributed by atoms with Gasteiger partial charge in [-0.25, -0.2) is 4.79 Å². The molecule has 1 N–H and O–H groups in total. The summed E-state index contributed by atoms with van der Waals surface area (Å²) in [6.07, 6.45) is 0.306. The quantitative estimate of drug-likeness (QED) is 0.694. The molecule has 1 aromatic carbocycles. The molecule has 0 radical (unpaired) electrons. The molecule has 1 rings (SSSR count). The number of rotatable bonds is 9. The molecule has 0 unspecified atom stereocenters. The molecule has 1 aromatic rings. The van der Waals surface area contributed by atoms with Crippen molar-refractivity contribution in [1.82, 2.24) is 0 Å². The maximum atomic E-state index is 11.3. The minimum absolute atomic E-state index is 0.0168. The second-order valence-corrected chi connectivity index (χ2v) is 4.18. The third kappa shape index (κ3) is 4.63. The minimum atomic E-state index is -1.36. The maximum absolute atomic E-state index is 11.3. The molecule has 0 aromatic heterocycles. The van der Waals surface area contributed by atoms with Gasteiger partial charge in [0, 0.05) is 7.11 Å². The van der Waals surface area contributed by atoms with Crippen molar-refractivity contribution in [2.75, 3.05) is 20.5 Å². The average Bonchev–Trinajstić information content (AvgIpc) is 2.43.